The van der Waals surface area contributed by atoms with Gasteiger partial charge in [0.1, 0.15) is 5.75 Å². The number of aliphatic hydroxyl groups excluding tert-OH is 1. The molecule has 2 aliphatic rings. The summed E-state index contributed by atoms with van der Waals surface area (Å²) in [6, 6.07) is 7.35. The van der Waals surface area contributed by atoms with Gasteiger partial charge in [0, 0.05) is 11.8 Å². The van der Waals surface area contributed by atoms with Gasteiger partial charge in [0.15, 0.2) is 0 Å². The van der Waals surface area contributed by atoms with Gasteiger partial charge in [-0.05, 0) is 44.4 Å². The summed E-state index contributed by atoms with van der Waals surface area (Å²) in [6.45, 7) is 3.89. The number of rotatable bonds is 7. The average molecular weight is 418 g/mol. The first kappa shape index (κ1) is 21.9. The molecule has 1 aliphatic heterocycles. The van der Waals surface area contributed by atoms with Crippen molar-refractivity contribution in [3.05, 3.63) is 34.7 Å². The molecule has 0 spiro atoms. The van der Waals surface area contributed by atoms with Crippen LogP contribution in [0.4, 0.5) is 0 Å². The highest BCUT2D eigenvalue weighted by atomic mass is 32.2. The third kappa shape index (κ3) is 5.23. The largest absolute Gasteiger partial charge is 0.491 e. The maximum Gasteiger partial charge on any atom is 0.268 e. The zero-order valence-electron chi connectivity index (χ0n) is 17.4. The summed E-state index contributed by atoms with van der Waals surface area (Å²) in [6.07, 6.45) is 7.50. The van der Waals surface area contributed by atoms with Crippen molar-refractivity contribution in [3.8, 4) is 5.75 Å². The fourth-order valence-electron chi connectivity index (χ4n) is 4.06. The van der Waals surface area contributed by atoms with Crippen LogP contribution in [0.25, 0.3) is 5.57 Å². The van der Waals surface area contributed by atoms with Gasteiger partial charge in [0.05, 0.1) is 23.2 Å². The fraction of sp³-hybridized carbons (Fsp3) is 0.565. The standard InChI is InChI=1S/C23H31NO4S/c1-16(2)28-19-12-10-17(11-13-19)20-21(29-15-14-25)23(27)24(22(20)26)18-8-6-4-3-5-7-9-18/h10-13,16,18,25H,3-9,14-15H2,1-2H3. The van der Waals surface area contributed by atoms with Crippen molar-refractivity contribution < 1.29 is 19.4 Å². The van der Waals surface area contributed by atoms with Crippen LogP contribution in [0.15, 0.2) is 29.2 Å². The van der Waals surface area contributed by atoms with Crippen LogP contribution in [0.5, 0.6) is 5.75 Å². The number of carbonyl (C=O) groups excluding carboxylic acids is 2. The van der Waals surface area contributed by atoms with Gasteiger partial charge in [-0.3, -0.25) is 14.5 Å². The van der Waals surface area contributed by atoms with E-state index < -0.39 is 0 Å². The molecule has 1 fully saturated rings. The summed E-state index contributed by atoms with van der Waals surface area (Å²) in [7, 11) is 0. The van der Waals surface area contributed by atoms with Crippen LogP contribution in [-0.2, 0) is 9.59 Å². The highest BCUT2D eigenvalue weighted by Crippen LogP contribution is 2.39. The Morgan fingerprint density at radius 2 is 1.66 bits per heavy atom. The zero-order valence-corrected chi connectivity index (χ0v) is 18.2. The number of amides is 2. The highest BCUT2D eigenvalue weighted by molar-refractivity contribution is 8.04. The van der Waals surface area contributed by atoms with Gasteiger partial charge in [-0.25, -0.2) is 0 Å². The van der Waals surface area contributed by atoms with Gasteiger partial charge in [0.25, 0.3) is 11.8 Å². The maximum atomic E-state index is 13.4. The number of hydrogen-bond acceptors (Lipinski definition) is 5. The van der Waals surface area contributed by atoms with Crippen molar-refractivity contribution in [2.75, 3.05) is 12.4 Å². The molecule has 29 heavy (non-hydrogen) atoms. The minimum absolute atomic E-state index is 0.0268. The monoisotopic (exact) mass is 417 g/mol. The van der Waals surface area contributed by atoms with Crippen LogP contribution in [-0.4, -0.2) is 46.3 Å². The van der Waals surface area contributed by atoms with Crippen LogP contribution in [0.2, 0.25) is 0 Å². The normalized spacial score (nSPS) is 19.1. The van der Waals surface area contributed by atoms with E-state index in [-0.39, 0.29) is 30.6 Å². The summed E-state index contributed by atoms with van der Waals surface area (Å²) in [4.78, 5) is 28.6. The molecule has 6 heteroatoms. The summed E-state index contributed by atoms with van der Waals surface area (Å²) in [5.41, 5.74) is 1.19. The third-order valence-corrected chi connectivity index (χ3v) is 6.42. The molecule has 0 atom stereocenters. The van der Waals surface area contributed by atoms with E-state index in [4.69, 9.17) is 4.74 Å². The van der Waals surface area contributed by atoms with Gasteiger partial charge in [-0.2, -0.15) is 0 Å². The number of nitrogens with zero attached hydrogens (tertiary/aromatic N) is 1. The number of imide groups is 1. The fourth-order valence-corrected chi connectivity index (χ4v) is 4.93. The highest BCUT2D eigenvalue weighted by Gasteiger charge is 2.42. The topological polar surface area (TPSA) is 66.8 Å². The summed E-state index contributed by atoms with van der Waals surface area (Å²) in [5, 5.41) is 9.27. The van der Waals surface area contributed by atoms with Crippen molar-refractivity contribution in [2.24, 2.45) is 0 Å². The molecule has 0 saturated heterocycles. The Labute approximate surface area is 177 Å². The lowest BCUT2D eigenvalue weighted by Crippen LogP contribution is -2.41. The van der Waals surface area contributed by atoms with Gasteiger partial charge in [-0.15, -0.1) is 11.8 Å². The van der Waals surface area contributed by atoms with E-state index in [1.165, 1.54) is 23.1 Å². The molecule has 1 aliphatic carbocycles. The first-order valence-corrected chi connectivity index (χ1v) is 11.6. The molecule has 0 unspecified atom stereocenters. The van der Waals surface area contributed by atoms with Crippen LogP contribution >= 0.6 is 11.8 Å². The van der Waals surface area contributed by atoms with E-state index in [9.17, 15) is 14.7 Å². The summed E-state index contributed by atoms with van der Waals surface area (Å²) >= 11 is 1.28. The van der Waals surface area contributed by atoms with Crippen molar-refractivity contribution in [1.29, 1.82) is 0 Å². The van der Waals surface area contributed by atoms with Gasteiger partial charge < -0.3 is 9.84 Å². The Hall–Kier alpha value is -1.79. The van der Waals surface area contributed by atoms with Crippen LogP contribution < -0.4 is 4.74 Å². The van der Waals surface area contributed by atoms with E-state index >= 15 is 0 Å². The number of aliphatic hydroxyl groups is 1. The lowest BCUT2D eigenvalue weighted by molar-refractivity contribution is -0.139. The Balaban J connectivity index is 1.89. The second-order valence-corrected chi connectivity index (χ2v) is 9.05. The van der Waals surface area contributed by atoms with Crippen molar-refractivity contribution in [1.82, 2.24) is 4.90 Å². The zero-order chi connectivity index (χ0) is 20.8. The number of benzene rings is 1. The quantitative estimate of drug-likeness (QED) is 0.667. The third-order valence-electron chi connectivity index (χ3n) is 5.37. The van der Waals surface area contributed by atoms with E-state index in [2.05, 4.69) is 0 Å². The molecule has 0 bridgehead atoms. The molecule has 1 heterocycles. The lowest BCUT2D eigenvalue weighted by atomic mass is 9.95. The van der Waals surface area contributed by atoms with Crippen molar-refractivity contribution in [3.63, 3.8) is 0 Å². The summed E-state index contributed by atoms with van der Waals surface area (Å²) in [5.74, 6) is 0.739. The molecule has 0 aromatic heterocycles. The Morgan fingerprint density at radius 1 is 1.03 bits per heavy atom. The molecular weight excluding hydrogens is 386 g/mol. The Kier molecular flexibility index (Phi) is 7.78. The summed E-state index contributed by atoms with van der Waals surface area (Å²) < 4.78 is 5.70. The van der Waals surface area contributed by atoms with Gasteiger partial charge >= 0.3 is 0 Å². The van der Waals surface area contributed by atoms with E-state index in [0.717, 1.165) is 49.8 Å². The van der Waals surface area contributed by atoms with Crippen LogP contribution in [0, 0.1) is 0 Å². The molecular formula is C23H31NO4S. The van der Waals surface area contributed by atoms with E-state index in [1.807, 2.05) is 38.1 Å². The SMILES string of the molecule is CC(C)Oc1ccc(C2=C(SCCO)C(=O)N(C3CCCCCCC3)C2=O)cc1. The smallest absolute Gasteiger partial charge is 0.268 e. The second kappa shape index (κ2) is 10.3. The molecule has 1 saturated carbocycles. The predicted octanol–water partition coefficient (Wildman–Crippen LogP) is 4.39. The van der Waals surface area contributed by atoms with Gasteiger partial charge in [0.2, 0.25) is 0 Å². The number of thioether (sulfide) groups is 1. The van der Waals surface area contributed by atoms with E-state index in [0.29, 0.717) is 16.2 Å². The van der Waals surface area contributed by atoms with Crippen molar-refractivity contribution >= 4 is 29.1 Å². The number of ether oxygens (including phenoxy) is 1. The predicted molar refractivity (Wildman–Crippen MR) is 117 cm³/mol. The molecule has 2 amide bonds. The van der Waals surface area contributed by atoms with Gasteiger partial charge in [-0.1, -0.05) is 44.2 Å². The molecule has 0 radical (unpaired) electrons. The Morgan fingerprint density at radius 3 is 2.24 bits per heavy atom. The second-order valence-electron chi connectivity index (χ2n) is 7.95. The first-order chi connectivity index (χ1) is 14.0. The number of carbonyl (C=O) groups is 2. The molecule has 1 aromatic rings. The molecule has 1 N–H and O–H groups in total. The Bertz CT molecular complexity index is 749. The maximum absolute atomic E-state index is 13.4. The van der Waals surface area contributed by atoms with Crippen LogP contribution in [0.1, 0.15) is 64.4 Å². The minimum Gasteiger partial charge on any atom is -0.491 e. The molecule has 3 rings (SSSR count). The molecule has 5 nitrogen and oxygen atoms in total. The lowest BCUT2D eigenvalue weighted by Gasteiger charge is -2.28. The minimum atomic E-state index is -0.198. The van der Waals surface area contributed by atoms with Crippen LogP contribution in [0.3, 0.4) is 0 Å². The number of hydrogen-bond donors (Lipinski definition) is 1. The first-order valence-electron chi connectivity index (χ1n) is 10.7. The average Bonchev–Trinajstić information content (AvgIpc) is 2.90. The molecule has 1 aromatic carbocycles. The molecule has 158 valence electrons. The van der Waals surface area contributed by atoms with Crippen molar-refractivity contribution in [2.45, 2.75) is 70.9 Å². The van der Waals surface area contributed by atoms with E-state index in [1.54, 1.807) is 0 Å².